The largest absolute Gasteiger partial charge is 0.507 e. The molecule has 5 rings (SSSR count). The Kier molecular flexibility index (Phi) is 9.60. The Hall–Kier alpha value is -2.49. The predicted molar refractivity (Wildman–Crippen MR) is 151 cm³/mol. The molecule has 0 unspecified atom stereocenters. The highest BCUT2D eigenvalue weighted by molar-refractivity contribution is 6.33. The summed E-state index contributed by atoms with van der Waals surface area (Å²) in [5.41, 5.74) is 0.779. The Morgan fingerprint density at radius 3 is 2.37 bits per heavy atom. The molecule has 0 bridgehead atoms. The Morgan fingerprint density at radius 1 is 1.03 bits per heavy atom. The molecule has 0 spiro atoms. The van der Waals surface area contributed by atoms with Crippen molar-refractivity contribution < 1.29 is 24.5 Å². The molecule has 2 aromatic carbocycles. The summed E-state index contributed by atoms with van der Waals surface area (Å²) in [7, 11) is 2.04. The Balaban J connectivity index is 0.00000200. The van der Waals surface area contributed by atoms with Crippen molar-refractivity contribution in [3.8, 4) is 22.8 Å². The van der Waals surface area contributed by atoms with Gasteiger partial charge < -0.3 is 24.6 Å². The zero-order chi connectivity index (χ0) is 25.6. The van der Waals surface area contributed by atoms with E-state index in [9.17, 15) is 24.9 Å². The van der Waals surface area contributed by atoms with Gasteiger partial charge in [0.25, 0.3) is 0 Å². The van der Waals surface area contributed by atoms with Crippen LogP contribution >= 0.6 is 36.4 Å². The first-order valence-corrected chi connectivity index (χ1v) is 12.6. The van der Waals surface area contributed by atoms with E-state index in [-0.39, 0.29) is 70.9 Å². The van der Waals surface area contributed by atoms with Crippen LogP contribution in [0.25, 0.3) is 22.3 Å². The van der Waals surface area contributed by atoms with Crippen molar-refractivity contribution in [2.24, 2.45) is 5.92 Å². The first-order chi connectivity index (χ1) is 17.2. The summed E-state index contributed by atoms with van der Waals surface area (Å²) in [4.78, 5) is 29.1. The molecule has 1 aromatic heterocycles. The number of carboxylic acid groups (broad SMARTS) is 1. The number of aromatic hydroxyl groups is 2. The van der Waals surface area contributed by atoms with E-state index in [1.165, 1.54) is 12.1 Å². The molecule has 38 heavy (non-hydrogen) atoms. The quantitative estimate of drug-likeness (QED) is 0.394. The minimum atomic E-state index is -0.761. The zero-order valence-corrected chi connectivity index (χ0v) is 23.2. The molecule has 2 atom stereocenters. The van der Waals surface area contributed by atoms with Gasteiger partial charge in [0.05, 0.1) is 10.9 Å². The molecule has 3 aromatic rings. The van der Waals surface area contributed by atoms with Crippen LogP contribution in [-0.4, -0.2) is 70.4 Å². The van der Waals surface area contributed by atoms with Crippen LogP contribution in [0.2, 0.25) is 5.02 Å². The van der Waals surface area contributed by atoms with Crippen LogP contribution in [0.5, 0.6) is 11.5 Å². The smallest absolute Gasteiger partial charge is 0.306 e. The van der Waals surface area contributed by atoms with Gasteiger partial charge in [0.2, 0.25) is 0 Å². The molecule has 8 nitrogen and oxygen atoms in total. The standard InChI is InChI=1S/C27H29ClN2O6.2ClH/c1-29-9-8-17(19(14-29)30-10-6-15(7-11-30)27(34)35)24-20(31)12-21(32)25-22(33)13-23(36-26(24)25)16-4-2-3-5-18(16)28;;/h2-5,12-13,15,17,19,31-32H,6-11,14H2,1H3,(H,34,35);2*1H/t17-,19+;;/m0../s1. The van der Waals surface area contributed by atoms with E-state index in [2.05, 4.69) is 9.80 Å². The third-order valence-electron chi connectivity index (χ3n) is 7.64. The number of aliphatic carboxylic acids is 1. The van der Waals surface area contributed by atoms with Gasteiger partial charge in [-0.15, -0.1) is 24.8 Å². The molecular formula is C27H31Cl3N2O6. The molecule has 2 aliphatic heterocycles. The summed E-state index contributed by atoms with van der Waals surface area (Å²) >= 11 is 6.37. The lowest BCUT2D eigenvalue weighted by Crippen LogP contribution is -2.53. The van der Waals surface area contributed by atoms with E-state index < -0.39 is 11.4 Å². The average Bonchev–Trinajstić information content (AvgIpc) is 2.84. The van der Waals surface area contributed by atoms with E-state index in [0.717, 1.165) is 13.1 Å². The van der Waals surface area contributed by atoms with Crippen molar-refractivity contribution >= 4 is 53.4 Å². The van der Waals surface area contributed by atoms with Crippen LogP contribution in [0.15, 0.2) is 45.6 Å². The fraction of sp³-hybridized carbons (Fsp3) is 0.407. The van der Waals surface area contributed by atoms with Crippen molar-refractivity contribution in [3.05, 3.63) is 57.2 Å². The fourth-order valence-electron chi connectivity index (χ4n) is 5.75. The molecule has 2 saturated heterocycles. The summed E-state index contributed by atoms with van der Waals surface area (Å²) < 4.78 is 6.25. The zero-order valence-electron chi connectivity index (χ0n) is 20.8. The van der Waals surface area contributed by atoms with Crippen molar-refractivity contribution in [2.75, 3.05) is 33.2 Å². The molecule has 11 heteroatoms. The van der Waals surface area contributed by atoms with Crippen molar-refractivity contribution in [1.29, 1.82) is 0 Å². The highest BCUT2D eigenvalue weighted by atomic mass is 35.5. The highest BCUT2D eigenvalue weighted by Gasteiger charge is 2.39. The van der Waals surface area contributed by atoms with Crippen LogP contribution in [0.1, 0.15) is 30.7 Å². The summed E-state index contributed by atoms with van der Waals surface area (Å²) in [5.74, 6) is -1.49. The lowest BCUT2D eigenvalue weighted by atomic mass is 9.81. The summed E-state index contributed by atoms with van der Waals surface area (Å²) in [6.07, 6.45) is 1.83. The van der Waals surface area contributed by atoms with Crippen molar-refractivity contribution in [1.82, 2.24) is 9.80 Å². The summed E-state index contributed by atoms with van der Waals surface area (Å²) in [5, 5.41) is 31.5. The number of carbonyl (C=O) groups is 1. The lowest BCUT2D eigenvalue weighted by Gasteiger charge is -2.45. The average molecular weight is 586 g/mol. The Morgan fingerprint density at radius 2 is 1.71 bits per heavy atom. The molecule has 2 aliphatic rings. The predicted octanol–water partition coefficient (Wildman–Crippen LogP) is 4.95. The van der Waals surface area contributed by atoms with E-state index >= 15 is 0 Å². The maximum atomic E-state index is 13.2. The monoisotopic (exact) mass is 584 g/mol. The van der Waals surface area contributed by atoms with E-state index in [1.807, 2.05) is 7.05 Å². The molecule has 206 valence electrons. The maximum Gasteiger partial charge on any atom is 0.306 e. The third kappa shape index (κ3) is 5.60. The summed E-state index contributed by atoms with van der Waals surface area (Å²) in [6, 6.07) is 9.54. The van der Waals surface area contributed by atoms with Crippen LogP contribution in [0.4, 0.5) is 0 Å². The van der Waals surface area contributed by atoms with Crippen molar-refractivity contribution in [2.45, 2.75) is 31.2 Å². The van der Waals surface area contributed by atoms with Crippen LogP contribution in [0, 0.1) is 5.92 Å². The number of piperidine rings is 2. The number of benzene rings is 2. The van der Waals surface area contributed by atoms with Gasteiger partial charge in [0, 0.05) is 41.8 Å². The first-order valence-electron chi connectivity index (χ1n) is 12.2. The SMILES string of the molecule is CN1CC[C@H](c2c(O)cc(O)c3c(=O)cc(-c4ccccc4Cl)oc23)[C@H](N2CCC(C(=O)O)CC2)C1.Cl.Cl. The molecule has 0 radical (unpaired) electrons. The molecule has 2 fully saturated rings. The van der Waals surface area contributed by atoms with Gasteiger partial charge in [0.15, 0.2) is 5.43 Å². The molecule has 0 aliphatic carbocycles. The van der Waals surface area contributed by atoms with Crippen LogP contribution in [-0.2, 0) is 4.79 Å². The van der Waals surface area contributed by atoms with E-state index in [4.69, 9.17) is 16.0 Å². The number of rotatable bonds is 4. The number of likely N-dealkylation sites (tertiary alicyclic amines) is 2. The van der Waals surface area contributed by atoms with Gasteiger partial charge in [-0.25, -0.2) is 0 Å². The molecule has 0 saturated carbocycles. The Labute approximate surface area is 237 Å². The number of phenols is 2. The number of nitrogens with zero attached hydrogens (tertiary/aromatic N) is 2. The van der Waals surface area contributed by atoms with Gasteiger partial charge in [-0.2, -0.15) is 0 Å². The third-order valence-corrected chi connectivity index (χ3v) is 7.97. The highest BCUT2D eigenvalue weighted by Crippen LogP contribution is 2.44. The molecular weight excluding hydrogens is 555 g/mol. The minimum absolute atomic E-state index is 0. The Bertz CT molecular complexity index is 1370. The van der Waals surface area contributed by atoms with Gasteiger partial charge in [-0.1, -0.05) is 23.7 Å². The van der Waals surface area contributed by atoms with Crippen LogP contribution in [0.3, 0.4) is 0 Å². The first kappa shape index (κ1) is 30.1. The second-order valence-corrected chi connectivity index (χ2v) is 10.3. The van der Waals surface area contributed by atoms with Gasteiger partial charge in [0.1, 0.15) is 28.2 Å². The molecule has 3 N–H and O–H groups in total. The molecule has 3 heterocycles. The molecule has 0 amide bonds. The van der Waals surface area contributed by atoms with E-state index in [0.29, 0.717) is 48.5 Å². The second kappa shape index (κ2) is 12.1. The maximum absolute atomic E-state index is 13.2. The number of hydrogen-bond acceptors (Lipinski definition) is 7. The number of hydrogen-bond donors (Lipinski definition) is 3. The van der Waals surface area contributed by atoms with Gasteiger partial charge in [-0.3, -0.25) is 14.5 Å². The number of carboxylic acids is 1. The van der Waals surface area contributed by atoms with Gasteiger partial charge in [-0.05, 0) is 58.1 Å². The lowest BCUT2D eigenvalue weighted by molar-refractivity contribution is -0.143. The minimum Gasteiger partial charge on any atom is -0.507 e. The topological polar surface area (TPSA) is 114 Å². The number of phenolic OH excluding ortho intramolecular Hbond substituents is 2. The number of fused-ring (bicyclic) bond motifs is 1. The number of halogens is 3. The normalized spacial score (nSPS) is 21.0. The second-order valence-electron chi connectivity index (χ2n) is 9.86. The van der Waals surface area contributed by atoms with Crippen LogP contribution < -0.4 is 5.43 Å². The van der Waals surface area contributed by atoms with Crippen molar-refractivity contribution in [3.63, 3.8) is 0 Å². The number of likely N-dealkylation sites (N-methyl/N-ethyl adjacent to an activating group) is 1. The summed E-state index contributed by atoms with van der Waals surface area (Å²) in [6.45, 7) is 2.77. The van der Waals surface area contributed by atoms with E-state index in [1.54, 1.807) is 24.3 Å². The van der Waals surface area contributed by atoms with Gasteiger partial charge >= 0.3 is 5.97 Å². The fourth-order valence-corrected chi connectivity index (χ4v) is 5.98.